The van der Waals surface area contributed by atoms with Crippen molar-refractivity contribution in [2.24, 2.45) is 0 Å². The van der Waals surface area contributed by atoms with Crippen molar-refractivity contribution >= 4 is 52.2 Å². The van der Waals surface area contributed by atoms with E-state index in [1.54, 1.807) is 22.6 Å². The average Bonchev–Trinajstić information content (AvgIpc) is 2.85. The average molecular weight is 404 g/mol. The molecule has 2 heterocycles. The zero-order valence-electron chi connectivity index (χ0n) is 10.8. The van der Waals surface area contributed by atoms with Gasteiger partial charge in [-0.25, -0.2) is 4.79 Å². The predicted molar refractivity (Wildman–Crippen MR) is 75.2 cm³/mol. The minimum Gasteiger partial charge on any atom is -0.330 e. The van der Waals surface area contributed by atoms with E-state index >= 15 is 0 Å². The number of hydrogen-bond donors (Lipinski definition) is 0. The summed E-state index contributed by atoms with van der Waals surface area (Å²) in [5.74, 6) is -2.64. The lowest BCUT2D eigenvalue weighted by atomic mass is 10.3. The molecule has 0 unspecified atom stereocenters. The third-order valence-electron chi connectivity index (χ3n) is 2.93. The van der Waals surface area contributed by atoms with Crippen molar-refractivity contribution in [1.82, 2.24) is 9.96 Å². The molecule has 0 aromatic rings. The highest BCUT2D eigenvalue weighted by Gasteiger charge is 2.33. The van der Waals surface area contributed by atoms with Gasteiger partial charge in [0.15, 0.2) is 0 Å². The fraction of sp³-hybridized carbons (Fsp3) is 0.417. The standard InChI is InChI=1S/C12H11IN2O6/c13-7-6-10(18)14(12(7)20)5-1-2-11(19)21-15-8(16)3-4-9(15)17/h6H,1-5H2/i13-2. The van der Waals surface area contributed by atoms with Crippen LogP contribution in [0.25, 0.3) is 0 Å². The second kappa shape index (κ2) is 6.33. The molecule has 0 saturated carbocycles. The maximum absolute atomic E-state index is 11.6. The van der Waals surface area contributed by atoms with Crippen LogP contribution in [0.3, 0.4) is 0 Å². The van der Waals surface area contributed by atoms with Crippen LogP contribution in [-0.2, 0) is 28.8 Å². The molecule has 1 fully saturated rings. The van der Waals surface area contributed by atoms with E-state index < -0.39 is 23.7 Å². The van der Waals surface area contributed by atoms with Gasteiger partial charge in [-0.2, -0.15) is 0 Å². The van der Waals surface area contributed by atoms with Crippen LogP contribution < -0.4 is 0 Å². The highest BCUT2D eigenvalue weighted by atomic mass is 125. The molecule has 0 aromatic carbocycles. The molecule has 2 aliphatic heterocycles. The highest BCUT2D eigenvalue weighted by molar-refractivity contribution is 14.1. The van der Waals surface area contributed by atoms with Crippen molar-refractivity contribution in [3.63, 3.8) is 0 Å². The maximum Gasteiger partial charge on any atom is 0.333 e. The molecule has 2 rings (SSSR count). The van der Waals surface area contributed by atoms with E-state index in [1.807, 2.05) is 0 Å². The molecule has 0 radical (unpaired) electrons. The zero-order chi connectivity index (χ0) is 15.6. The molecule has 0 aliphatic carbocycles. The Morgan fingerprint density at radius 1 is 1.19 bits per heavy atom. The van der Waals surface area contributed by atoms with Crippen LogP contribution in [0.2, 0.25) is 0 Å². The van der Waals surface area contributed by atoms with Crippen LogP contribution in [0.4, 0.5) is 0 Å². The Morgan fingerprint density at radius 3 is 2.33 bits per heavy atom. The van der Waals surface area contributed by atoms with Crippen molar-refractivity contribution in [2.75, 3.05) is 6.54 Å². The molecule has 21 heavy (non-hydrogen) atoms. The highest BCUT2D eigenvalue weighted by Crippen LogP contribution is 2.19. The summed E-state index contributed by atoms with van der Waals surface area (Å²) in [5, 5.41) is 0.471. The first-order valence-electron chi connectivity index (χ1n) is 6.19. The fourth-order valence-electron chi connectivity index (χ4n) is 1.88. The van der Waals surface area contributed by atoms with Crippen molar-refractivity contribution in [3.8, 4) is 0 Å². The van der Waals surface area contributed by atoms with E-state index in [2.05, 4.69) is 4.84 Å². The number of hydrogen-bond acceptors (Lipinski definition) is 6. The molecular weight excluding hydrogens is 393 g/mol. The number of imide groups is 2. The molecular formula is C12H11IN2O6. The smallest absolute Gasteiger partial charge is 0.330 e. The summed E-state index contributed by atoms with van der Waals surface area (Å²) in [7, 11) is 0. The number of hydroxylamine groups is 2. The lowest BCUT2D eigenvalue weighted by Gasteiger charge is -2.15. The predicted octanol–water partition coefficient (Wildman–Crippen LogP) is 0.0615. The molecule has 0 bridgehead atoms. The fourth-order valence-corrected chi connectivity index (χ4v) is 2.43. The molecule has 0 spiro atoms. The van der Waals surface area contributed by atoms with Gasteiger partial charge in [0.05, 0.1) is 3.58 Å². The number of rotatable bonds is 5. The molecule has 1 saturated heterocycles. The van der Waals surface area contributed by atoms with Crippen LogP contribution >= 0.6 is 22.6 Å². The van der Waals surface area contributed by atoms with E-state index in [0.717, 1.165) is 4.90 Å². The van der Waals surface area contributed by atoms with Gasteiger partial charge in [-0.15, -0.1) is 5.06 Å². The van der Waals surface area contributed by atoms with Gasteiger partial charge in [0, 0.05) is 31.9 Å². The minimum atomic E-state index is -0.750. The second-order valence-electron chi connectivity index (χ2n) is 4.44. The second-order valence-corrected chi connectivity index (χ2v) is 5.60. The summed E-state index contributed by atoms with van der Waals surface area (Å²) < 4.78 is 0.327. The van der Waals surface area contributed by atoms with Gasteiger partial charge in [-0.05, 0) is 29.0 Å². The number of carbonyl (C=O) groups is 5. The topological polar surface area (TPSA) is 101 Å². The molecule has 0 aromatic heterocycles. The first kappa shape index (κ1) is 15.6. The summed E-state index contributed by atoms with van der Waals surface area (Å²) in [6, 6.07) is 0. The van der Waals surface area contributed by atoms with Crippen molar-refractivity contribution in [1.29, 1.82) is 0 Å². The van der Waals surface area contributed by atoms with E-state index in [4.69, 9.17) is 0 Å². The van der Waals surface area contributed by atoms with Crippen molar-refractivity contribution in [2.45, 2.75) is 25.7 Å². The first-order chi connectivity index (χ1) is 9.90. The number of nitrogens with zero attached hydrogens (tertiary/aromatic N) is 2. The van der Waals surface area contributed by atoms with Gasteiger partial charge in [0.1, 0.15) is 0 Å². The lowest BCUT2D eigenvalue weighted by Crippen LogP contribution is -2.33. The van der Waals surface area contributed by atoms with Gasteiger partial charge in [-0.1, -0.05) is 0 Å². The first-order valence-corrected chi connectivity index (χ1v) is 7.27. The molecule has 112 valence electrons. The van der Waals surface area contributed by atoms with Crippen molar-refractivity contribution in [3.05, 3.63) is 9.66 Å². The third kappa shape index (κ3) is 3.46. The summed E-state index contributed by atoms with van der Waals surface area (Å²) in [6.45, 7) is 0.0810. The SMILES string of the molecule is O=C(CCCN1C(=O)C=C([125I])C1=O)ON1C(=O)CCC1=O. The number of halogens is 1. The lowest BCUT2D eigenvalue weighted by molar-refractivity contribution is -0.197. The Kier molecular flexibility index (Phi) is 4.70. The van der Waals surface area contributed by atoms with Gasteiger partial charge in [-0.3, -0.25) is 24.1 Å². The molecule has 0 N–H and O–H groups in total. The van der Waals surface area contributed by atoms with Gasteiger partial charge < -0.3 is 4.84 Å². The minimum absolute atomic E-state index is 0.0347. The summed E-state index contributed by atoms with van der Waals surface area (Å²) in [4.78, 5) is 62.7. The molecule has 4 amide bonds. The Bertz CT molecular complexity index is 554. The normalized spacial score (nSPS) is 18.6. The summed E-state index contributed by atoms with van der Waals surface area (Å²) in [5.41, 5.74) is 0. The molecule has 8 nitrogen and oxygen atoms in total. The van der Waals surface area contributed by atoms with Gasteiger partial charge in [0.2, 0.25) is 0 Å². The van der Waals surface area contributed by atoms with Crippen molar-refractivity contribution < 1.29 is 28.8 Å². The summed E-state index contributed by atoms with van der Waals surface area (Å²) >= 11 is 1.77. The van der Waals surface area contributed by atoms with Crippen LogP contribution in [0.1, 0.15) is 25.7 Å². The molecule has 0 atom stereocenters. The Balaban J connectivity index is 1.75. The Morgan fingerprint density at radius 2 is 1.81 bits per heavy atom. The zero-order valence-corrected chi connectivity index (χ0v) is 13.0. The van der Waals surface area contributed by atoms with E-state index in [9.17, 15) is 24.0 Å². The van der Waals surface area contributed by atoms with E-state index in [1.165, 1.54) is 6.08 Å². The van der Waals surface area contributed by atoms with Gasteiger partial charge >= 0.3 is 5.97 Å². The van der Waals surface area contributed by atoms with E-state index in [0.29, 0.717) is 8.64 Å². The van der Waals surface area contributed by atoms with Crippen LogP contribution in [-0.4, -0.2) is 46.1 Å². The molecule has 2 aliphatic rings. The Hall–Kier alpha value is -1.78. The molecule has 9 heteroatoms. The summed E-state index contributed by atoms with van der Waals surface area (Å²) in [6.07, 6.45) is 1.39. The van der Waals surface area contributed by atoms with E-state index in [-0.39, 0.29) is 38.1 Å². The van der Waals surface area contributed by atoms with Crippen LogP contribution in [0, 0.1) is 0 Å². The largest absolute Gasteiger partial charge is 0.333 e. The number of carbonyl (C=O) groups excluding carboxylic acids is 5. The van der Waals surface area contributed by atoms with Crippen LogP contribution in [0.15, 0.2) is 9.66 Å². The quantitative estimate of drug-likeness (QED) is 0.475. The third-order valence-corrected chi connectivity index (χ3v) is 3.70. The monoisotopic (exact) mass is 404 g/mol. The number of amides is 4. The van der Waals surface area contributed by atoms with Crippen LogP contribution in [0.5, 0.6) is 0 Å². The van der Waals surface area contributed by atoms with Gasteiger partial charge in [0.25, 0.3) is 23.6 Å². The Labute approximate surface area is 133 Å². The maximum atomic E-state index is 11.6.